The molecular weight excluding hydrogens is 563 g/mol. The number of H-pyrrole nitrogens is 1. The summed E-state index contributed by atoms with van der Waals surface area (Å²) in [7, 11) is 0. The van der Waals surface area contributed by atoms with Gasteiger partial charge in [0.1, 0.15) is 21.1 Å². The SMILES string of the molecule is CCn1cc(-c2cc(C(F)(F)F)nc3sc(C(N)=O)c(NC(=O)c4cc(-c5ccc6c(c5)OCO6)n[nH]4)c23)c(C)n1. The number of aryl methyl sites for hydroxylation is 2. The van der Waals surface area contributed by atoms with Crippen LogP contribution in [-0.4, -0.2) is 43.6 Å². The van der Waals surface area contributed by atoms with Crippen molar-refractivity contribution < 1.29 is 32.2 Å². The number of nitrogens with one attached hydrogen (secondary N) is 2. The Hall–Kier alpha value is -4.92. The first-order valence-electron chi connectivity index (χ1n) is 12.2. The number of halogens is 3. The third-order valence-corrected chi connectivity index (χ3v) is 7.56. The van der Waals surface area contributed by atoms with E-state index in [0.29, 0.717) is 51.9 Å². The van der Waals surface area contributed by atoms with Gasteiger partial charge in [0.25, 0.3) is 11.8 Å². The maximum absolute atomic E-state index is 13.8. The number of nitrogens with zero attached hydrogens (tertiary/aromatic N) is 4. The number of benzene rings is 1. The zero-order valence-corrected chi connectivity index (χ0v) is 22.2. The summed E-state index contributed by atoms with van der Waals surface area (Å²) in [4.78, 5) is 29.3. The molecule has 5 heterocycles. The Labute approximate surface area is 233 Å². The molecule has 4 aromatic heterocycles. The highest BCUT2D eigenvalue weighted by Crippen LogP contribution is 2.44. The van der Waals surface area contributed by atoms with Crippen molar-refractivity contribution >= 4 is 39.1 Å². The van der Waals surface area contributed by atoms with E-state index in [0.717, 1.165) is 6.07 Å². The van der Waals surface area contributed by atoms with Crippen LogP contribution < -0.4 is 20.5 Å². The highest BCUT2D eigenvalue weighted by atomic mass is 32.1. The Bertz CT molecular complexity index is 1860. The van der Waals surface area contributed by atoms with Crippen molar-refractivity contribution in [2.45, 2.75) is 26.6 Å². The maximum Gasteiger partial charge on any atom is 0.433 e. The Morgan fingerprint density at radius 3 is 2.66 bits per heavy atom. The third kappa shape index (κ3) is 4.63. The van der Waals surface area contributed by atoms with Crippen LogP contribution in [0.2, 0.25) is 0 Å². The average molecular weight is 584 g/mol. The molecule has 0 unspecified atom stereocenters. The minimum absolute atomic E-state index is 0.0313. The Kier molecular flexibility index (Phi) is 6.17. The van der Waals surface area contributed by atoms with E-state index in [-0.39, 0.29) is 38.8 Å². The molecule has 0 saturated heterocycles. The highest BCUT2D eigenvalue weighted by Gasteiger charge is 2.35. The minimum atomic E-state index is -4.76. The van der Waals surface area contributed by atoms with Crippen LogP contribution in [0.5, 0.6) is 11.5 Å². The van der Waals surface area contributed by atoms with Crippen LogP contribution in [0.15, 0.2) is 36.5 Å². The molecule has 1 aliphatic rings. The second-order valence-corrected chi connectivity index (χ2v) is 10.1. The summed E-state index contributed by atoms with van der Waals surface area (Å²) < 4.78 is 53.8. The van der Waals surface area contributed by atoms with E-state index in [1.807, 2.05) is 6.92 Å². The summed E-state index contributed by atoms with van der Waals surface area (Å²) in [6.45, 7) is 4.07. The number of anilines is 1. The van der Waals surface area contributed by atoms with Crippen molar-refractivity contribution in [1.82, 2.24) is 25.0 Å². The predicted molar refractivity (Wildman–Crippen MR) is 143 cm³/mol. The molecule has 2 amide bonds. The fourth-order valence-electron chi connectivity index (χ4n) is 4.52. The molecule has 0 fully saturated rings. The maximum atomic E-state index is 13.8. The first-order chi connectivity index (χ1) is 19.5. The molecule has 0 radical (unpaired) electrons. The number of primary amides is 1. The van der Waals surface area contributed by atoms with E-state index in [2.05, 4.69) is 25.6 Å². The summed E-state index contributed by atoms with van der Waals surface area (Å²) in [5.41, 5.74) is 6.45. The van der Waals surface area contributed by atoms with Crippen molar-refractivity contribution in [2.75, 3.05) is 12.1 Å². The quantitative estimate of drug-likeness (QED) is 0.255. The number of alkyl halides is 3. The molecule has 5 aromatic rings. The Balaban J connectivity index is 1.45. The molecule has 0 aliphatic carbocycles. The summed E-state index contributed by atoms with van der Waals surface area (Å²) in [5.74, 6) is -0.511. The normalized spacial score (nSPS) is 12.7. The van der Waals surface area contributed by atoms with Gasteiger partial charge in [0.05, 0.1) is 17.1 Å². The number of aromatic nitrogens is 5. The van der Waals surface area contributed by atoms with Gasteiger partial charge in [0, 0.05) is 29.3 Å². The van der Waals surface area contributed by atoms with Crippen molar-refractivity contribution in [1.29, 1.82) is 0 Å². The number of rotatable bonds is 6. The summed E-state index contributed by atoms with van der Waals surface area (Å²) >= 11 is 0.661. The zero-order chi connectivity index (χ0) is 29.1. The molecule has 0 saturated carbocycles. The predicted octanol–water partition coefficient (Wildman–Crippen LogP) is 4.98. The van der Waals surface area contributed by atoms with Gasteiger partial charge in [-0.25, -0.2) is 4.98 Å². The van der Waals surface area contributed by atoms with Gasteiger partial charge in [-0.1, -0.05) is 0 Å². The van der Waals surface area contributed by atoms with Crippen LogP contribution in [-0.2, 0) is 12.7 Å². The first kappa shape index (κ1) is 26.3. The molecule has 1 aromatic carbocycles. The van der Waals surface area contributed by atoms with E-state index in [9.17, 15) is 22.8 Å². The van der Waals surface area contributed by atoms with Crippen LogP contribution in [0.25, 0.3) is 32.6 Å². The second kappa shape index (κ2) is 9.62. The van der Waals surface area contributed by atoms with Crippen LogP contribution in [0.4, 0.5) is 18.9 Å². The molecule has 0 atom stereocenters. The van der Waals surface area contributed by atoms with Gasteiger partial charge in [-0.2, -0.15) is 23.4 Å². The minimum Gasteiger partial charge on any atom is -0.454 e. The molecule has 15 heteroatoms. The Morgan fingerprint density at radius 1 is 1.17 bits per heavy atom. The number of carbonyl (C=O) groups excluding carboxylic acids is 2. The lowest BCUT2D eigenvalue weighted by atomic mass is 10.0. The number of fused-ring (bicyclic) bond motifs is 2. The lowest BCUT2D eigenvalue weighted by Gasteiger charge is -2.11. The van der Waals surface area contributed by atoms with E-state index >= 15 is 0 Å². The molecule has 0 spiro atoms. The molecule has 11 nitrogen and oxygen atoms in total. The number of nitrogens with two attached hydrogens (primary N) is 1. The molecular formula is C26H20F3N7O4S. The summed E-state index contributed by atoms with van der Waals surface area (Å²) in [6, 6.07) is 7.55. The van der Waals surface area contributed by atoms with Gasteiger partial charge in [0.2, 0.25) is 6.79 Å². The topological polar surface area (TPSA) is 150 Å². The van der Waals surface area contributed by atoms with Crippen LogP contribution in [0.3, 0.4) is 0 Å². The molecule has 4 N–H and O–H groups in total. The second-order valence-electron chi connectivity index (χ2n) is 9.08. The number of hydrogen-bond acceptors (Lipinski definition) is 8. The largest absolute Gasteiger partial charge is 0.454 e. The van der Waals surface area contributed by atoms with Crippen molar-refractivity contribution in [3.8, 4) is 33.9 Å². The number of thiophene rings is 1. The van der Waals surface area contributed by atoms with Crippen LogP contribution in [0, 0.1) is 6.92 Å². The lowest BCUT2D eigenvalue weighted by molar-refractivity contribution is -0.140. The van der Waals surface area contributed by atoms with E-state index in [1.165, 1.54) is 6.07 Å². The van der Waals surface area contributed by atoms with Gasteiger partial charge < -0.3 is 20.5 Å². The van der Waals surface area contributed by atoms with Crippen molar-refractivity contribution in [2.24, 2.45) is 5.73 Å². The molecule has 0 bridgehead atoms. The summed E-state index contributed by atoms with van der Waals surface area (Å²) in [5, 5.41) is 14.0. The van der Waals surface area contributed by atoms with Gasteiger partial charge >= 0.3 is 6.18 Å². The van der Waals surface area contributed by atoms with Crippen molar-refractivity contribution in [3.63, 3.8) is 0 Å². The van der Waals surface area contributed by atoms with Gasteiger partial charge in [-0.05, 0) is 49.7 Å². The van der Waals surface area contributed by atoms with E-state index in [4.69, 9.17) is 15.2 Å². The van der Waals surface area contributed by atoms with Crippen LogP contribution >= 0.6 is 11.3 Å². The first-order valence-corrected chi connectivity index (χ1v) is 13.0. The Morgan fingerprint density at radius 2 is 1.95 bits per heavy atom. The number of ether oxygens (including phenoxy) is 2. The van der Waals surface area contributed by atoms with Crippen LogP contribution in [0.1, 0.15) is 38.5 Å². The summed E-state index contributed by atoms with van der Waals surface area (Å²) in [6.07, 6.45) is -3.16. The fourth-order valence-corrected chi connectivity index (χ4v) is 5.52. The molecule has 41 heavy (non-hydrogen) atoms. The third-order valence-electron chi connectivity index (χ3n) is 6.47. The average Bonchev–Trinajstić information content (AvgIpc) is 3.72. The van der Waals surface area contributed by atoms with E-state index < -0.39 is 23.7 Å². The van der Waals surface area contributed by atoms with Gasteiger partial charge in [-0.15, -0.1) is 11.3 Å². The number of aromatic amines is 1. The number of carbonyl (C=O) groups is 2. The van der Waals surface area contributed by atoms with Crippen molar-refractivity contribution in [3.05, 3.63) is 58.5 Å². The monoisotopic (exact) mass is 583 g/mol. The molecule has 1 aliphatic heterocycles. The molecule has 6 rings (SSSR count). The zero-order valence-electron chi connectivity index (χ0n) is 21.4. The number of pyridine rings is 1. The standard InChI is InChI=1S/C26H20F3N7O4S/c1-3-36-9-14(11(2)35-36)13-7-19(26(27,28)29)31-25-20(13)21(22(41-25)23(30)37)32-24(38)16-8-15(33-34-16)12-4-5-17-18(6-12)40-10-39-17/h4-9H,3,10H2,1-2H3,(H2,30,37)(H,32,38)(H,33,34). The number of amides is 2. The van der Waals surface area contributed by atoms with Gasteiger partial charge in [-0.3, -0.25) is 19.4 Å². The lowest BCUT2D eigenvalue weighted by Crippen LogP contribution is -2.17. The number of hydrogen-bond donors (Lipinski definition) is 3. The smallest absolute Gasteiger partial charge is 0.433 e. The highest BCUT2D eigenvalue weighted by molar-refractivity contribution is 7.21. The van der Waals surface area contributed by atoms with E-state index in [1.54, 1.807) is 36.0 Å². The van der Waals surface area contributed by atoms with Gasteiger partial charge in [0.15, 0.2) is 11.5 Å². The fraction of sp³-hybridized carbons (Fsp3) is 0.192. The molecule has 210 valence electrons.